The number of carbonyl (C=O) groups is 2. The zero-order valence-corrected chi connectivity index (χ0v) is 15.6. The number of carbonyl (C=O) groups excluding carboxylic acids is 2. The highest BCUT2D eigenvalue weighted by Crippen LogP contribution is 2.16. The van der Waals surface area contributed by atoms with Gasteiger partial charge in [0.25, 0.3) is 5.91 Å². The lowest BCUT2D eigenvalue weighted by Gasteiger charge is -2.18. The first-order valence-electron chi connectivity index (χ1n) is 8.00. The highest BCUT2D eigenvalue weighted by atomic mass is 32.2. The van der Waals surface area contributed by atoms with Crippen LogP contribution in [0.25, 0.3) is 6.08 Å². The molecule has 0 heterocycles. The Hall–Kier alpha value is -2.63. The molecule has 140 valence electrons. The van der Waals surface area contributed by atoms with Crippen molar-refractivity contribution < 1.29 is 22.7 Å². The minimum atomic E-state index is -3.52. The van der Waals surface area contributed by atoms with Gasteiger partial charge in [0, 0.05) is 19.2 Å². The van der Waals surface area contributed by atoms with Gasteiger partial charge in [0.15, 0.2) is 6.61 Å². The van der Waals surface area contributed by atoms with E-state index in [0.717, 1.165) is 6.08 Å². The van der Waals surface area contributed by atoms with Crippen LogP contribution in [-0.4, -0.2) is 50.8 Å². The Morgan fingerprint density at radius 3 is 2.38 bits per heavy atom. The summed E-state index contributed by atoms with van der Waals surface area (Å²) in [5.41, 5.74) is 0.622. The van der Waals surface area contributed by atoms with E-state index in [1.165, 1.54) is 22.5 Å². The maximum Gasteiger partial charge on any atom is 0.331 e. The molecule has 1 aromatic carbocycles. The number of rotatable bonds is 9. The number of esters is 1. The van der Waals surface area contributed by atoms with E-state index in [1.807, 2.05) is 0 Å². The summed E-state index contributed by atoms with van der Waals surface area (Å²) < 4.78 is 30.9. The molecule has 0 aliphatic carbocycles. The van der Waals surface area contributed by atoms with Crippen molar-refractivity contribution in [3.63, 3.8) is 0 Å². The van der Waals surface area contributed by atoms with Crippen LogP contribution < -0.4 is 5.32 Å². The quantitative estimate of drug-likeness (QED) is 0.393. The first-order valence-corrected chi connectivity index (χ1v) is 9.44. The lowest BCUT2D eigenvalue weighted by molar-refractivity contribution is -0.143. The van der Waals surface area contributed by atoms with Crippen LogP contribution in [0.3, 0.4) is 0 Å². The Labute approximate surface area is 154 Å². The van der Waals surface area contributed by atoms with Gasteiger partial charge >= 0.3 is 5.97 Å². The van der Waals surface area contributed by atoms with Crippen LogP contribution in [0.5, 0.6) is 0 Å². The molecule has 0 saturated heterocycles. The van der Waals surface area contributed by atoms with Gasteiger partial charge in [-0.1, -0.05) is 31.9 Å². The summed E-state index contributed by atoms with van der Waals surface area (Å²) in [5.74, 6) is 1.05. The lowest BCUT2D eigenvalue weighted by atomic mass is 10.2. The highest BCUT2D eigenvalue weighted by molar-refractivity contribution is 7.89. The van der Waals surface area contributed by atoms with Crippen molar-refractivity contribution in [2.24, 2.45) is 0 Å². The molecule has 0 radical (unpaired) electrons. The van der Waals surface area contributed by atoms with Crippen LogP contribution in [-0.2, 0) is 24.3 Å². The van der Waals surface area contributed by atoms with Crippen molar-refractivity contribution in [1.29, 1.82) is 0 Å². The van der Waals surface area contributed by atoms with Gasteiger partial charge in [-0.2, -0.15) is 4.31 Å². The number of nitrogens with one attached hydrogen (secondary N) is 1. The van der Waals surface area contributed by atoms with Crippen molar-refractivity contribution in [2.45, 2.75) is 18.7 Å². The topological polar surface area (TPSA) is 92.8 Å². The number of terminal acetylenes is 1. The number of nitrogens with zero attached hydrogens (tertiary/aromatic N) is 1. The predicted molar refractivity (Wildman–Crippen MR) is 98.4 cm³/mol. The predicted octanol–water partition coefficient (Wildman–Crippen LogP) is 1.02. The van der Waals surface area contributed by atoms with E-state index in [2.05, 4.69) is 11.2 Å². The maximum atomic E-state index is 12.4. The summed E-state index contributed by atoms with van der Waals surface area (Å²) in [5, 5.41) is 2.36. The minimum Gasteiger partial charge on any atom is -0.452 e. The normalized spacial score (nSPS) is 11.3. The van der Waals surface area contributed by atoms with E-state index in [0.29, 0.717) is 18.7 Å². The molecule has 0 atom stereocenters. The average Bonchev–Trinajstić information content (AvgIpc) is 2.64. The summed E-state index contributed by atoms with van der Waals surface area (Å²) in [6.07, 6.45) is 7.61. The third kappa shape index (κ3) is 6.35. The molecule has 1 aromatic rings. The van der Waals surface area contributed by atoms with Crippen molar-refractivity contribution in [3.8, 4) is 12.3 Å². The molecule has 0 aliphatic heterocycles. The minimum absolute atomic E-state index is 0.0645. The second-order valence-corrected chi connectivity index (χ2v) is 7.02. The smallest absolute Gasteiger partial charge is 0.331 e. The van der Waals surface area contributed by atoms with Crippen LogP contribution >= 0.6 is 0 Å². The van der Waals surface area contributed by atoms with E-state index < -0.39 is 28.5 Å². The first kappa shape index (κ1) is 21.4. The fraction of sp³-hybridized carbons (Fsp3) is 0.333. The summed E-state index contributed by atoms with van der Waals surface area (Å²) in [4.78, 5) is 23.0. The monoisotopic (exact) mass is 378 g/mol. The molecule has 8 heteroatoms. The molecular weight excluding hydrogens is 356 g/mol. The van der Waals surface area contributed by atoms with Gasteiger partial charge in [-0.3, -0.25) is 4.79 Å². The molecule has 1 rings (SSSR count). The number of ether oxygens (including phenoxy) is 1. The molecular formula is C18H22N2O5S. The third-order valence-corrected chi connectivity index (χ3v) is 5.43. The number of hydrogen-bond acceptors (Lipinski definition) is 5. The third-order valence-electron chi connectivity index (χ3n) is 3.37. The average molecular weight is 378 g/mol. The second kappa shape index (κ2) is 10.4. The number of benzene rings is 1. The largest absolute Gasteiger partial charge is 0.452 e. The van der Waals surface area contributed by atoms with Crippen LogP contribution in [0.1, 0.15) is 19.4 Å². The molecule has 7 nitrogen and oxygen atoms in total. The Bertz CT molecular complexity index is 788. The summed E-state index contributed by atoms with van der Waals surface area (Å²) >= 11 is 0. The molecule has 0 aliphatic rings. The zero-order valence-electron chi connectivity index (χ0n) is 14.8. The molecule has 0 aromatic heterocycles. The Kier molecular flexibility index (Phi) is 8.55. The van der Waals surface area contributed by atoms with Crippen LogP contribution in [0.2, 0.25) is 0 Å². The van der Waals surface area contributed by atoms with Crippen molar-refractivity contribution in [2.75, 3.05) is 26.2 Å². The number of sulfonamides is 1. The van der Waals surface area contributed by atoms with Gasteiger partial charge in [0.05, 0.1) is 11.4 Å². The fourth-order valence-corrected chi connectivity index (χ4v) is 3.47. The Morgan fingerprint density at radius 1 is 1.23 bits per heavy atom. The van der Waals surface area contributed by atoms with Gasteiger partial charge in [-0.05, 0) is 23.8 Å². The molecule has 0 unspecified atom stereocenters. The SMILES string of the molecule is C#CCNC(=O)COC(=O)/C=C/c1ccc(S(=O)(=O)N(CC)CC)cc1. The van der Waals surface area contributed by atoms with Crippen molar-refractivity contribution in [1.82, 2.24) is 9.62 Å². The van der Waals surface area contributed by atoms with Gasteiger partial charge in [-0.25, -0.2) is 13.2 Å². The van der Waals surface area contributed by atoms with Crippen molar-refractivity contribution >= 4 is 28.0 Å². The summed E-state index contributed by atoms with van der Waals surface area (Å²) in [6.45, 7) is 3.97. The summed E-state index contributed by atoms with van der Waals surface area (Å²) in [7, 11) is -3.52. The highest BCUT2D eigenvalue weighted by Gasteiger charge is 2.20. The fourth-order valence-electron chi connectivity index (χ4n) is 2.01. The maximum absolute atomic E-state index is 12.4. The Morgan fingerprint density at radius 2 is 1.85 bits per heavy atom. The van der Waals surface area contributed by atoms with Crippen molar-refractivity contribution in [3.05, 3.63) is 35.9 Å². The van der Waals surface area contributed by atoms with Crippen LogP contribution in [0.15, 0.2) is 35.2 Å². The van der Waals surface area contributed by atoms with Crippen LogP contribution in [0, 0.1) is 12.3 Å². The molecule has 1 amide bonds. The zero-order chi connectivity index (χ0) is 19.6. The Balaban J connectivity index is 2.67. The molecule has 1 N–H and O–H groups in total. The molecule has 0 spiro atoms. The van der Waals surface area contributed by atoms with E-state index >= 15 is 0 Å². The van der Waals surface area contributed by atoms with Gasteiger partial charge in [0.2, 0.25) is 10.0 Å². The second-order valence-electron chi connectivity index (χ2n) is 5.08. The molecule has 0 fully saturated rings. The molecule has 0 bridgehead atoms. The number of amides is 1. The lowest BCUT2D eigenvalue weighted by Crippen LogP contribution is -2.30. The van der Waals surface area contributed by atoms with E-state index in [-0.39, 0.29) is 11.4 Å². The van der Waals surface area contributed by atoms with E-state index in [9.17, 15) is 18.0 Å². The van der Waals surface area contributed by atoms with E-state index in [1.54, 1.807) is 26.0 Å². The number of hydrogen-bond donors (Lipinski definition) is 1. The van der Waals surface area contributed by atoms with Gasteiger partial charge in [-0.15, -0.1) is 6.42 Å². The standard InChI is InChI=1S/C18H22N2O5S/c1-4-13-19-17(21)14-25-18(22)12-9-15-7-10-16(11-8-15)26(23,24)20(5-2)6-3/h1,7-12H,5-6,13-14H2,2-3H3,(H,19,21)/b12-9+. The molecule has 26 heavy (non-hydrogen) atoms. The van der Waals surface area contributed by atoms with E-state index in [4.69, 9.17) is 11.2 Å². The summed E-state index contributed by atoms with van der Waals surface area (Å²) in [6, 6.07) is 6.12. The van der Waals surface area contributed by atoms with Crippen LogP contribution in [0.4, 0.5) is 0 Å². The first-order chi connectivity index (χ1) is 12.3. The van der Waals surface area contributed by atoms with Gasteiger partial charge in [0.1, 0.15) is 0 Å². The van der Waals surface area contributed by atoms with Gasteiger partial charge < -0.3 is 10.1 Å². The molecule has 0 saturated carbocycles.